The summed E-state index contributed by atoms with van der Waals surface area (Å²) in [6, 6.07) is 3.51. The van der Waals surface area contributed by atoms with E-state index < -0.39 is 5.97 Å². The van der Waals surface area contributed by atoms with Gasteiger partial charge in [0, 0.05) is 17.3 Å². The van der Waals surface area contributed by atoms with Gasteiger partial charge < -0.3 is 14.9 Å². The van der Waals surface area contributed by atoms with Gasteiger partial charge in [-0.25, -0.2) is 14.8 Å². The molecule has 2 aromatic heterocycles. The number of ether oxygens (including phenoxy) is 1. The van der Waals surface area contributed by atoms with Crippen LogP contribution in [0, 0.1) is 13.8 Å². The molecule has 0 bridgehead atoms. The summed E-state index contributed by atoms with van der Waals surface area (Å²) in [5, 5.41) is 0.580. The van der Waals surface area contributed by atoms with Gasteiger partial charge in [-0.1, -0.05) is 11.8 Å². The summed E-state index contributed by atoms with van der Waals surface area (Å²) >= 11 is 1.40. The highest BCUT2D eigenvalue weighted by Crippen LogP contribution is 2.24. The van der Waals surface area contributed by atoms with Crippen molar-refractivity contribution in [2.45, 2.75) is 24.8 Å². The van der Waals surface area contributed by atoms with Crippen molar-refractivity contribution in [2.75, 3.05) is 12.8 Å². The second kappa shape index (κ2) is 5.96. The lowest BCUT2D eigenvalue weighted by Crippen LogP contribution is -2.00. The molecule has 2 N–H and O–H groups in total. The Balaban J connectivity index is 2.09. The summed E-state index contributed by atoms with van der Waals surface area (Å²) in [7, 11) is 1.32. The molecule has 2 rings (SSSR count). The first-order chi connectivity index (χ1) is 9.49. The first-order valence-electron chi connectivity index (χ1n) is 5.91. The molecule has 0 aliphatic heterocycles. The predicted octanol–water partition coefficient (Wildman–Crippen LogP) is 2.35. The number of carbonyl (C=O) groups excluding carboxylic acids is 1. The maximum absolute atomic E-state index is 11.4. The van der Waals surface area contributed by atoms with Gasteiger partial charge in [-0.3, -0.25) is 0 Å². The van der Waals surface area contributed by atoms with Gasteiger partial charge >= 0.3 is 5.97 Å². The average molecular weight is 293 g/mol. The van der Waals surface area contributed by atoms with Crippen molar-refractivity contribution in [2.24, 2.45) is 0 Å². The number of nitrogens with two attached hydrogens (primary N) is 1. The van der Waals surface area contributed by atoms with E-state index in [1.807, 2.05) is 6.92 Å². The molecule has 20 heavy (non-hydrogen) atoms. The van der Waals surface area contributed by atoms with E-state index in [2.05, 4.69) is 14.7 Å². The summed E-state index contributed by atoms with van der Waals surface area (Å²) in [5.41, 5.74) is 7.22. The fourth-order valence-corrected chi connectivity index (χ4v) is 2.47. The maximum Gasteiger partial charge on any atom is 0.374 e. The molecule has 7 heteroatoms. The van der Waals surface area contributed by atoms with Crippen LogP contribution in [0.2, 0.25) is 0 Å². The van der Waals surface area contributed by atoms with E-state index in [1.165, 1.54) is 18.9 Å². The van der Waals surface area contributed by atoms with E-state index in [0.717, 1.165) is 11.3 Å². The Morgan fingerprint density at radius 3 is 2.80 bits per heavy atom. The molecule has 0 saturated heterocycles. The van der Waals surface area contributed by atoms with Gasteiger partial charge in [-0.2, -0.15) is 0 Å². The fraction of sp³-hybridized carbons (Fsp3) is 0.308. The number of aromatic nitrogens is 2. The fourth-order valence-electron chi connectivity index (χ4n) is 1.68. The van der Waals surface area contributed by atoms with Crippen LogP contribution in [-0.2, 0) is 10.5 Å². The molecule has 0 aliphatic carbocycles. The van der Waals surface area contributed by atoms with Crippen molar-refractivity contribution >= 4 is 23.5 Å². The molecular weight excluding hydrogens is 278 g/mol. The number of nitrogen functional groups attached to an aromatic ring is 1. The molecule has 0 atom stereocenters. The number of hydrogen-bond donors (Lipinski definition) is 1. The number of methoxy groups -OCH3 is 1. The van der Waals surface area contributed by atoms with Crippen LogP contribution in [0.3, 0.4) is 0 Å². The van der Waals surface area contributed by atoms with Crippen LogP contribution >= 0.6 is 11.8 Å². The summed E-state index contributed by atoms with van der Waals surface area (Å²) in [6.07, 6.45) is 0. The van der Waals surface area contributed by atoms with E-state index in [4.69, 9.17) is 10.2 Å². The van der Waals surface area contributed by atoms with E-state index in [1.54, 1.807) is 19.1 Å². The third kappa shape index (κ3) is 3.30. The minimum absolute atomic E-state index is 0.229. The van der Waals surface area contributed by atoms with Crippen molar-refractivity contribution in [3.8, 4) is 0 Å². The molecule has 0 amide bonds. The van der Waals surface area contributed by atoms with Gasteiger partial charge in [0.1, 0.15) is 11.6 Å². The number of hydrogen-bond acceptors (Lipinski definition) is 7. The van der Waals surface area contributed by atoms with Crippen LogP contribution in [0.25, 0.3) is 0 Å². The Labute approximate surface area is 120 Å². The van der Waals surface area contributed by atoms with E-state index in [-0.39, 0.29) is 5.76 Å². The van der Waals surface area contributed by atoms with Crippen LogP contribution < -0.4 is 5.73 Å². The smallest absolute Gasteiger partial charge is 0.374 e. The van der Waals surface area contributed by atoms with Gasteiger partial charge in [-0.05, 0) is 19.9 Å². The van der Waals surface area contributed by atoms with Gasteiger partial charge in [-0.15, -0.1) is 0 Å². The summed E-state index contributed by atoms with van der Waals surface area (Å²) in [4.78, 5) is 19.8. The largest absolute Gasteiger partial charge is 0.463 e. The second-order valence-corrected chi connectivity index (χ2v) is 5.16. The Hall–Kier alpha value is -2.02. The number of thioether (sulfide) groups is 1. The highest BCUT2D eigenvalue weighted by Gasteiger charge is 2.16. The highest BCUT2D eigenvalue weighted by atomic mass is 32.2. The van der Waals surface area contributed by atoms with Crippen molar-refractivity contribution in [1.29, 1.82) is 0 Å². The molecule has 2 heterocycles. The van der Waals surface area contributed by atoms with E-state index >= 15 is 0 Å². The van der Waals surface area contributed by atoms with Gasteiger partial charge in [0.15, 0.2) is 5.16 Å². The zero-order valence-corrected chi connectivity index (χ0v) is 12.3. The standard InChI is InChI=1S/C13H15N3O3S/c1-7-4-9(19-11(7)12(17)18-3)6-20-13-15-8(2)5-10(14)16-13/h4-5H,6H2,1-3H3,(H2,14,15,16). The first-order valence-corrected chi connectivity index (χ1v) is 6.89. The zero-order chi connectivity index (χ0) is 14.7. The lowest BCUT2D eigenvalue weighted by molar-refractivity contribution is 0.0562. The molecule has 6 nitrogen and oxygen atoms in total. The van der Waals surface area contributed by atoms with E-state index in [9.17, 15) is 4.79 Å². The minimum atomic E-state index is -0.477. The average Bonchev–Trinajstić information content (AvgIpc) is 2.76. The molecule has 0 aromatic carbocycles. The van der Waals surface area contributed by atoms with Crippen molar-refractivity contribution in [3.05, 3.63) is 34.9 Å². The van der Waals surface area contributed by atoms with Gasteiger partial charge in [0.2, 0.25) is 5.76 Å². The molecule has 0 spiro atoms. The molecule has 0 saturated carbocycles. The number of furan rings is 1. The van der Waals surface area contributed by atoms with Crippen LogP contribution in [0.5, 0.6) is 0 Å². The molecule has 106 valence electrons. The molecular formula is C13H15N3O3S. The second-order valence-electron chi connectivity index (χ2n) is 4.22. The van der Waals surface area contributed by atoms with Crippen molar-refractivity contribution < 1.29 is 13.9 Å². The molecule has 0 aliphatic rings. The topological polar surface area (TPSA) is 91.2 Å². The number of nitrogens with zero attached hydrogens (tertiary/aromatic N) is 2. The summed E-state index contributed by atoms with van der Waals surface area (Å²) in [5.74, 6) is 1.37. The molecule has 0 radical (unpaired) electrons. The molecule has 2 aromatic rings. The third-order valence-corrected chi connectivity index (χ3v) is 3.41. The van der Waals surface area contributed by atoms with Crippen LogP contribution in [0.4, 0.5) is 5.82 Å². The van der Waals surface area contributed by atoms with E-state index in [0.29, 0.717) is 22.5 Å². The van der Waals surface area contributed by atoms with Crippen LogP contribution in [0.15, 0.2) is 21.7 Å². The van der Waals surface area contributed by atoms with Crippen LogP contribution in [-0.4, -0.2) is 23.0 Å². The number of esters is 1. The Kier molecular flexibility index (Phi) is 4.29. The maximum atomic E-state index is 11.4. The first kappa shape index (κ1) is 14.4. The normalized spacial score (nSPS) is 10.6. The number of aryl methyl sites for hydroxylation is 2. The zero-order valence-electron chi connectivity index (χ0n) is 11.5. The Morgan fingerprint density at radius 2 is 2.15 bits per heavy atom. The van der Waals surface area contributed by atoms with Gasteiger partial charge in [0.05, 0.1) is 12.9 Å². The third-order valence-electron chi connectivity index (χ3n) is 2.54. The highest BCUT2D eigenvalue weighted by molar-refractivity contribution is 7.98. The van der Waals surface area contributed by atoms with Crippen molar-refractivity contribution in [1.82, 2.24) is 9.97 Å². The summed E-state index contributed by atoms with van der Waals surface area (Å²) in [6.45, 7) is 3.65. The number of carbonyl (C=O) groups is 1. The molecule has 0 fully saturated rings. The lowest BCUT2D eigenvalue weighted by Gasteiger charge is -2.01. The molecule has 0 unspecified atom stereocenters. The minimum Gasteiger partial charge on any atom is -0.463 e. The van der Waals surface area contributed by atoms with Crippen LogP contribution in [0.1, 0.15) is 27.6 Å². The lowest BCUT2D eigenvalue weighted by atomic mass is 10.3. The predicted molar refractivity (Wildman–Crippen MR) is 75.5 cm³/mol. The monoisotopic (exact) mass is 293 g/mol. The van der Waals surface area contributed by atoms with Crippen molar-refractivity contribution in [3.63, 3.8) is 0 Å². The SMILES string of the molecule is COC(=O)c1oc(CSc2nc(C)cc(N)n2)cc1C. The number of anilines is 1. The number of rotatable bonds is 4. The van der Waals surface area contributed by atoms with Gasteiger partial charge in [0.25, 0.3) is 0 Å². The summed E-state index contributed by atoms with van der Waals surface area (Å²) < 4.78 is 10.1. The quantitative estimate of drug-likeness (QED) is 0.525. The Bertz CT molecular complexity index is 620. The Morgan fingerprint density at radius 1 is 1.40 bits per heavy atom.